The molecule has 0 saturated heterocycles. The van der Waals surface area contributed by atoms with E-state index < -0.39 is 0 Å². The van der Waals surface area contributed by atoms with Crippen LogP contribution in [0.5, 0.6) is 5.75 Å². The van der Waals surface area contributed by atoms with Crippen molar-refractivity contribution in [2.45, 2.75) is 32.4 Å². The fourth-order valence-corrected chi connectivity index (χ4v) is 2.68. The van der Waals surface area contributed by atoms with Gasteiger partial charge in [-0.15, -0.1) is 0 Å². The molecule has 0 aliphatic heterocycles. The number of benzene rings is 1. The first-order valence-electron chi connectivity index (χ1n) is 7.77. The van der Waals surface area contributed by atoms with Crippen molar-refractivity contribution in [1.29, 1.82) is 0 Å². The standard InChI is InChI=1S/C17H31N3O/c1-6-10-20(12-11-19(3)4)17(14(2)18)15-8-7-9-16(13-15)21-5/h7-9,13-14,17H,6,10-12,18H2,1-5H3. The summed E-state index contributed by atoms with van der Waals surface area (Å²) in [6, 6.07) is 8.57. The zero-order chi connectivity index (χ0) is 15.8. The number of methoxy groups -OCH3 is 1. The molecule has 0 amide bonds. The Hall–Kier alpha value is -1.10. The molecule has 0 fully saturated rings. The van der Waals surface area contributed by atoms with E-state index in [1.165, 1.54) is 5.56 Å². The zero-order valence-electron chi connectivity index (χ0n) is 14.2. The summed E-state index contributed by atoms with van der Waals surface area (Å²) in [5, 5.41) is 0. The van der Waals surface area contributed by atoms with Crippen LogP contribution in [0, 0.1) is 0 Å². The highest BCUT2D eigenvalue weighted by atomic mass is 16.5. The topological polar surface area (TPSA) is 41.7 Å². The lowest BCUT2D eigenvalue weighted by molar-refractivity contribution is 0.161. The van der Waals surface area contributed by atoms with Crippen molar-refractivity contribution < 1.29 is 4.74 Å². The second kappa shape index (κ2) is 9.03. The van der Waals surface area contributed by atoms with Crippen LogP contribution in [0.2, 0.25) is 0 Å². The van der Waals surface area contributed by atoms with Gasteiger partial charge in [-0.1, -0.05) is 19.1 Å². The van der Waals surface area contributed by atoms with Crippen LogP contribution in [-0.4, -0.2) is 56.7 Å². The first kappa shape index (κ1) is 18.0. The summed E-state index contributed by atoms with van der Waals surface area (Å²) in [4.78, 5) is 4.70. The highest BCUT2D eigenvalue weighted by Gasteiger charge is 2.23. The highest BCUT2D eigenvalue weighted by molar-refractivity contribution is 5.31. The molecule has 21 heavy (non-hydrogen) atoms. The minimum Gasteiger partial charge on any atom is -0.497 e. The number of nitrogens with two attached hydrogens (primary N) is 1. The molecule has 0 saturated carbocycles. The van der Waals surface area contributed by atoms with E-state index in [1.54, 1.807) is 7.11 Å². The van der Waals surface area contributed by atoms with Crippen molar-refractivity contribution in [3.05, 3.63) is 29.8 Å². The minimum absolute atomic E-state index is 0.0748. The number of nitrogens with zero attached hydrogens (tertiary/aromatic N) is 2. The first-order valence-corrected chi connectivity index (χ1v) is 7.77. The monoisotopic (exact) mass is 293 g/mol. The number of rotatable bonds is 9. The summed E-state index contributed by atoms with van der Waals surface area (Å²) in [5.41, 5.74) is 7.53. The summed E-state index contributed by atoms with van der Waals surface area (Å²) in [5.74, 6) is 0.891. The molecular weight excluding hydrogens is 262 g/mol. The average Bonchev–Trinajstić information content (AvgIpc) is 2.44. The lowest BCUT2D eigenvalue weighted by Crippen LogP contribution is -2.42. The predicted molar refractivity (Wildman–Crippen MR) is 89.8 cm³/mol. The van der Waals surface area contributed by atoms with E-state index in [9.17, 15) is 0 Å². The fourth-order valence-electron chi connectivity index (χ4n) is 2.68. The fraction of sp³-hybridized carbons (Fsp3) is 0.647. The summed E-state index contributed by atoms with van der Waals surface area (Å²) in [7, 11) is 5.92. The van der Waals surface area contributed by atoms with Gasteiger partial charge >= 0.3 is 0 Å². The second-order valence-electron chi connectivity index (χ2n) is 5.92. The van der Waals surface area contributed by atoms with Gasteiger partial charge in [0.05, 0.1) is 7.11 Å². The van der Waals surface area contributed by atoms with Gasteiger partial charge < -0.3 is 15.4 Å². The number of likely N-dealkylation sites (N-methyl/N-ethyl adjacent to an activating group) is 1. The lowest BCUT2D eigenvalue weighted by atomic mass is 9.98. The Morgan fingerprint density at radius 2 is 1.90 bits per heavy atom. The van der Waals surface area contributed by atoms with Gasteiger partial charge in [0.15, 0.2) is 0 Å². The van der Waals surface area contributed by atoms with Crippen LogP contribution in [0.25, 0.3) is 0 Å². The molecule has 0 aliphatic rings. The molecule has 1 aromatic carbocycles. The third-order valence-electron chi connectivity index (χ3n) is 3.67. The van der Waals surface area contributed by atoms with Crippen LogP contribution in [0.4, 0.5) is 0 Å². The van der Waals surface area contributed by atoms with E-state index in [4.69, 9.17) is 10.5 Å². The Morgan fingerprint density at radius 3 is 2.43 bits per heavy atom. The second-order valence-corrected chi connectivity index (χ2v) is 5.92. The molecule has 4 heteroatoms. The molecule has 0 aliphatic carbocycles. The summed E-state index contributed by atoms with van der Waals surface area (Å²) in [6.07, 6.45) is 1.13. The molecule has 2 atom stereocenters. The molecule has 1 rings (SSSR count). The average molecular weight is 293 g/mol. The maximum atomic E-state index is 6.30. The van der Waals surface area contributed by atoms with Crippen molar-refractivity contribution in [1.82, 2.24) is 9.80 Å². The Labute approximate surface area is 129 Å². The maximum absolute atomic E-state index is 6.30. The lowest BCUT2D eigenvalue weighted by Gasteiger charge is -2.35. The molecule has 0 radical (unpaired) electrons. The van der Waals surface area contributed by atoms with Gasteiger partial charge in [0.25, 0.3) is 0 Å². The van der Waals surface area contributed by atoms with E-state index >= 15 is 0 Å². The van der Waals surface area contributed by atoms with Crippen molar-refractivity contribution in [3.63, 3.8) is 0 Å². The SMILES string of the molecule is CCCN(CCN(C)C)C(c1cccc(OC)c1)C(C)N. The normalized spacial score (nSPS) is 14.5. The van der Waals surface area contributed by atoms with E-state index in [0.29, 0.717) is 0 Å². The Balaban J connectivity index is 2.99. The molecule has 4 nitrogen and oxygen atoms in total. The molecule has 0 heterocycles. The number of hydrogen-bond acceptors (Lipinski definition) is 4. The van der Waals surface area contributed by atoms with Crippen molar-refractivity contribution in [3.8, 4) is 5.75 Å². The van der Waals surface area contributed by atoms with Crippen molar-refractivity contribution in [2.24, 2.45) is 5.73 Å². The van der Waals surface area contributed by atoms with E-state index in [0.717, 1.165) is 31.8 Å². The van der Waals surface area contributed by atoms with Gasteiger partial charge in [0.1, 0.15) is 5.75 Å². The molecular formula is C17H31N3O. The summed E-state index contributed by atoms with van der Waals surface area (Å²) in [6.45, 7) is 7.41. The van der Waals surface area contributed by atoms with Crippen LogP contribution >= 0.6 is 0 Å². The van der Waals surface area contributed by atoms with Gasteiger partial charge in [-0.2, -0.15) is 0 Å². The van der Waals surface area contributed by atoms with Gasteiger partial charge in [0, 0.05) is 25.2 Å². The quantitative estimate of drug-likeness (QED) is 0.759. The van der Waals surface area contributed by atoms with Crippen molar-refractivity contribution >= 4 is 0 Å². The summed E-state index contributed by atoms with van der Waals surface area (Å²) < 4.78 is 5.36. The molecule has 2 unspecified atom stereocenters. The molecule has 2 N–H and O–H groups in total. The van der Waals surface area contributed by atoms with Gasteiger partial charge in [0.2, 0.25) is 0 Å². The smallest absolute Gasteiger partial charge is 0.119 e. The van der Waals surface area contributed by atoms with Gasteiger partial charge in [-0.25, -0.2) is 0 Å². The number of hydrogen-bond donors (Lipinski definition) is 1. The predicted octanol–water partition coefficient (Wildman–Crippen LogP) is 2.36. The van der Waals surface area contributed by atoms with E-state index in [-0.39, 0.29) is 12.1 Å². The van der Waals surface area contributed by atoms with E-state index in [1.807, 2.05) is 12.1 Å². The van der Waals surface area contributed by atoms with Crippen LogP contribution < -0.4 is 10.5 Å². The largest absolute Gasteiger partial charge is 0.497 e. The third kappa shape index (κ3) is 5.65. The van der Waals surface area contributed by atoms with Crippen LogP contribution in [0.3, 0.4) is 0 Å². The summed E-state index contributed by atoms with van der Waals surface area (Å²) >= 11 is 0. The highest BCUT2D eigenvalue weighted by Crippen LogP contribution is 2.26. The molecule has 0 aromatic heterocycles. The van der Waals surface area contributed by atoms with Gasteiger partial charge in [-0.3, -0.25) is 4.90 Å². The Kier molecular flexibility index (Phi) is 7.72. The molecule has 1 aromatic rings. The van der Waals surface area contributed by atoms with Crippen molar-refractivity contribution in [2.75, 3.05) is 40.8 Å². The first-order chi connectivity index (χ1) is 9.99. The third-order valence-corrected chi connectivity index (χ3v) is 3.67. The van der Waals surface area contributed by atoms with Crippen LogP contribution in [0.1, 0.15) is 31.9 Å². The molecule has 120 valence electrons. The van der Waals surface area contributed by atoms with Crippen LogP contribution in [0.15, 0.2) is 24.3 Å². The van der Waals surface area contributed by atoms with E-state index in [2.05, 4.69) is 49.9 Å². The molecule has 0 bridgehead atoms. The maximum Gasteiger partial charge on any atom is 0.119 e. The van der Waals surface area contributed by atoms with Crippen LogP contribution in [-0.2, 0) is 0 Å². The number of ether oxygens (including phenoxy) is 1. The minimum atomic E-state index is 0.0748. The zero-order valence-corrected chi connectivity index (χ0v) is 14.2. The van der Waals surface area contributed by atoms with Gasteiger partial charge in [-0.05, 0) is 51.7 Å². The Bertz CT molecular complexity index is 407. The molecule has 0 spiro atoms. The Morgan fingerprint density at radius 1 is 1.19 bits per heavy atom.